The normalized spacial score (nSPS) is 18.5. The number of aliphatic hydroxyl groups is 1. The molecular formula is C14H17ClF3NO2. The molecule has 21 heavy (non-hydrogen) atoms. The van der Waals surface area contributed by atoms with Crippen molar-refractivity contribution in [1.82, 2.24) is 5.32 Å². The van der Waals surface area contributed by atoms with Gasteiger partial charge in [-0.15, -0.1) is 0 Å². The third-order valence-electron chi connectivity index (χ3n) is 3.49. The topological polar surface area (TPSA) is 41.5 Å². The van der Waals surface area contributed by atoms with Crippen molar-refractivity contribution in [3.63, 3.8) is 0 Å². The molecule has 0 spiro atoms. The summed E-state index contributed by atoms with van der Waals surface area (Å²) in [6.45, 7) is 0.00927. The summed E-state index contributed by atoms with van der Waals surface area (Å²) < 4.78 is 43.3. The zero-order valence-electron chi connectivity index (χ0n) is 11.3. The van der Waals surface area contributed by atoms with Crippen molar-refractivity contribution in [2.75, 3.05) is 13.2 Å². The van der Waals surface area contributed by atoms with E-state index in [0.29, 0.717) is 5.02 Å². The number of ether oxygens (including phenoxy) is 1. The van der Waals surface area contributed by atoms with E-state index in [0.717, 1.165) is 5.56 Å². The predicted molar refractivity (Wildman–Crippen MR) is 73.1 cm³/mol. The van der Waals surface area contributed by atoms with Crippen LogP contribution >= 0.6 is 11.6 Å². The highest BCUT2D eigenvalue weighted by Gasteiger charge is 2.63. The third-order valence-corrected chi connectivity index (χ3v) is 3.86. The molecule has 1 aliphatic rings. The van der Waals surface area contributed by atoms with Gasteiger partial charge in [-0.25, -0.2) is 0 Å². The summed E-state index contributed by atoms with van der Waals surface area (Å²) in [4.78, 5) is 0. The number of hydrogen-bond acceptors (Lipinski definition) is 3. The fourth-order valence-electron chi connectivity index (χ4n) is 1.98. The largest absolute Gasteiger partial charge is 0.406 e. The molecule has 3 nitrogen and oxygen atoms in total. The highest BCUT2D eigenvalue weighted by Crippen LogP contribution is 2.48. The first kappa shape index (κ1) is 16.5. The highest BCUT2D eigenvalue weighted by atomic mass is 35.5. The van der Waals surface area contributed by atoms with Crippen molar-refractivity contribution in [2.24, 2.45) is 0 Å². The molecule has 0 aromatic heterocycles. The Balaban J connectivity index is 1.69. The zero-order valence-corrected chi connectivity index (χ0v) is 12.0. The van der Waals surface area contributed by atoms with Gasteiger partial charge in [0.05, 0.1) is 19.3 Å². The lowest BCUT2D eigenvalue weighted by molar-refractivity contribution is -0.167. The van der Waals surface area contributed by atoms with Crippen molar-refractivity contribution in [2.45, 2.75) is 37.3 Å². The van der Waals surface area contributed by atoms with Gasteiger partial charge in [0.2, 0.25) is 0 Å². The minimum Gasteiger partial charge on any atom is -0.389 e. The van der Waals surface area contributed by atoms with Crippen LogP contribution < -0.4 is 5.32 Å². The van der Waals surface area contributed by atoms with Crippen LogP contribution in [-0.4, -0.2) is 36.1 Å². The van der Waals surface area contributed by atoms with Gasteiger partial charge in [-0.3, -0.25) is 0 Å². The number of benzene rings is 1. The first-order valence-corrected chi connectivity index (χ1v) is 7.03. The van der Waals surface area contributed by atoms with Crippen LogP contribution in [0.1, 0.15) is 18.4 Å². The van der Waals surface area contributed by atoms with Crippen LogP contribution in [0.15, 0.2) is 24.3 Å². The molecule has 1 fully saturated rings. The SMILES string of the molecule is OC(CNC1(C(F)(F)F)CC1)COCc1ccccc1Cl. The first-order valence-electron chi connectivity index (χ1n) is 6.65. The van der Waals surface area contributed by atoms with Gasteiger partial charge < -0.3 is 15.2 Å². The van der Waals surface area contributed by atoms with E-state index in [2.05, 4.69) is 5.32 Å². The number of nitrogens with one attached hydrogen (secondary N) is 1. The van der Waals surface area contributed by atoms with Crippen LogP contribution in [0.25, 0.3) is 0 Å². The van der Waals surface area contributed by atoms with Gasteiger partial charge in [0.15, 0.2) is 0 Å². The summed E-state index contributed by atoms with van der Waals surface area (Å²) in [6, 6.07) is 7.10. The lowest BCUT2D eigenvalue weighted by Gasteiger charge is -2.22. The maximum Gasteiger partial charge on any atom is 0.406 e. The van der Waals surface area contributed by atoms with Crippen molar-refractivity contribution < 1.29 is 23.0 Å². The van der Waals surface area contributed by atoms with Crippen LogP contribution in [0, 0.1) is 0 Å². The Kier molecular flexibility index (Phi) is 5.14. The van der Waals surface area contributed by atoms with E-state index in [4.69, 9.17) is 16.3 Å². The number of alkyl halides is 3. The van der Waals surface area contributed by atoms with Crippen molar-refractivity contribution in [3.8, 4) is 0 Å². The summed E-state index contributed by atoms with van der Waals surface area (Å²) in [7, 11) is 0. The van der Waals surface area contributed by atoms with E-state index >= 15 is 0 Å². The predicted octanol–water partition coefficient (Wildman–Crippen LogP) is 2.90. The number of aliphatic hydroxyl groups excluding tert-OH is 1. The van der Waals surface area contributed by atoms with Gasteiger partial charge in [0.25, 0.3) is 0 Å². The Morgan fingerprint density at radius 3 is 2.57 bits per heavy atom. The first-order chi connectivity index (χ1) is 9.84. The van der Waals surface area contributed by atoms with Gasteiger partial charge >= 0.3 is 6.18 Å². The Morgan fingerprint density at radius 2 is 2.00 bits per heavy atom. The van der Waals surface area contributed by atoms with E-state index in [9.17, 15) is 18.3 Å². The van der Waals surface area contributed by atoms with Crippen LogP contribution in [0.3, 0.4) is 0 Å². The van der Waals surface area contributed by atoms with Crippen LogP contribution in [0.4, 0.5) is 13.2 Å². The Hall–Kier alpha value is -0.820. The minimum atomic E-state index is -4.27. The fraction of sp³-hybridized carbons (Fsp3) is 0.571. The molecule has 0 radical (unpaired) electrons. The molecular weight excluding hydrogens is 307 g/mol. The highest BCUT2D eigenvalue weighted by molar-refractivity contribution is 6.31. The van der Waals surface area contributed by atoms with Gasteiger partial charge in [0.1, 0.15) is 5.54 Å². The van der Waals surface area contributed by atoms with Gasteiger partial charge in [-0.2, -0.15) is 13.2 Å². The molecule has 0 bridgehead atoms. The molecule has 7 heteroatoms. The minimum absolute atomic E-state index is 0.0494. The Bertz CT molecular complexity index is 478. The molecule has 1 unspecified atom stereocenters. The van der Waals surface area contributed by atoms with Gasteiger partial charge in [0, 0.05) is 11.6 Å². The second-order valence-corrected chi connectivity index (χ2v) is 5.63. The number of β-amino-alcohol motifs (C(OH)–C–C–N with tert-alkyl or cyclic N) is 1. The standard InChI is InChI=1S/C14H17ClF3NO2/c15-12-4-2-1-3-10(12)8-21-9-11(20)7-19-13(5-6-13)14(16,17)18/h1-4,11,19-20H,5-9H2. The summed E-state index contributed by atoms with van der Waals surface area (Å²) in [5, 5.41) is 12.6. The molecule has 0 aliphatic heterocycles. The quantitative estimate of drug-likeness (QED) is 0.810. The smallest absolute Gasteiger partial charge is 0.389 e. The van der Waals surface area contributed by atoms with Crippen molar-refractivity contribution in [3.05, 3.63) is 34.9 Å². The van der Waals surface area contributed by atoms with Crippen molar-refractivity contribution >= 4 is 11.6 Å². The van der Waals surface area contributed by atoms with E-state index in [1.165, 1.54) is 0 Å². The molecule has 1 saturated carbocycles. The Morgan fingerprint density at radius 1 is 1.33 bits per heavy atom. The Labute approximate surface area is 126 Å². The average Bonchev–Trinajstić information content (AvgIpc) is 3.19. The average molecular weight is 324 g/mol. The fourth-order valence-corrected chi connectivity index (χ4v) is 2.17. The van der Waals surface area contributed by atoms with Gasteiger partial charge in [-0.1, -0.05) is 29.8 Å². The molecule has 1 aromatic carbocycles. The van der Waals surface area contributed by atoms with E-state index in [1.807, 2.05) is 6.07 Å². The maximum atomic E-state index is 12.7. The molecule has 1 aliphatic carbocycles. The number of rotatable bonds is 7. The van der Waals surface area contributed by atoms with E-state index in [-0.39, 0.29) is 32.6 Å². The molecule has 1 atom stereocenters. The number of halogens is 4. The lowest BCUT2D eigenvalue weighted by Crippen LogP contribution is -2.48. The number of hydrogen-bond donors (Lipinski definition) is 2. The summed E-state index contributed by atoms with van der Waals surface area (Å²) >= 11 is 5.94. The molecule has 1 aromatic rings. The molecule has 0 saturated heterocycles. The molecule has 0 heterocycles. The van der Waals surface area contributed by atoms with Crippen molar-refractivity contribution in [1.29, 1.82) is 0 Å². The monoisotopic (exact) mass is 323 g/mol. The summed E-state index contributed by atoms with van der Waals surface area (Å²) in [5.74, 6) is 0. The molecule has 0 amide bonds. The summed E-state index contributed by atoms with van der Waals surface area (Å²) in [5.41, 5.74) is -1.04. The molecule has 2 rings (SSSR count). The van der Waals surface area contributed by atoms with Crippen LogP contribution in [-0.2, 0) is 11.3 Å². The second kappa shape index (κ2) is 6.52. The molecule has 2 N–H and O–H groups in total. The molecule has 118 valence electrons. The van der Waals surface area contributed by atoms with E-state index in [1.54, 1.807) is 18.2 Å². The second-order valence-electron chi connectivity index (χ2n) is 5.22. The zero-order chi connectivity index (χ0) is 15.5. The lowest BCUT2D eigenvalue weighted by atomic mass is 10.2. The maximum absolute atomic E-state index is 12.7. The summed E-state index contributed by atoms with van der Waals surface area (Å²) in [6.07, 6.45) is -5.15. The van der Waals surface area contributed by atoms with Crippen LogP contribution in [0.2, 0.25) is 5.02 Å². The van der Waals surface area contributed by atoms with Crippen LogP contribution in [0.5, 0.6) is 0 Å². The van der Waals surface area contributed by atoms with Gasteiger partial charge in [-0.05, 0) is 24.5 Å². The van der Waals surface area contributed by atoms with E-state index < -0.39 is 17.8 Å². The third kappa shape index (κ3) is 4.32.